The Balaban J connectivity index is 1.81. The highest BCUT2D eigenvalue weighted by molar-refractivity contribution is 7.89. The minimum atomic E-state index is -4.50. The highest BCUT2D eigenvalue weighted by atomic mass is 32.2. The molecule has 1 aromatic carbocycles. The van der Waals surface area contributed by atoms with Crippen molar-refractivity contribution in [3.05, 3.63) is 41.9 Å². The number of halogens is 3. The van der Waals surface area contributed by atoms with Gasteiger partial charge in [0.1, 0.15) is 5.82 Å². The Morgan fingerprint density at radius 1 is 1.23 bits per heavy atom. The molecule has 2 rings (SSSR count). The first-order valence-electron chi connectivity index (χ1n) is 8.97. The number of aromatic nitrogens is 2. The van der Waals surface area contributed by atoms with Gasteiger partial charge in [-0.15, -0.1) is 0 Å². The van der Waals surface area contributed by atoms with E-state index in [4.69, 9.17) is 4.74 Å². The van der Waals surface area contributed by atoms with E-state index in [0.717, 1.165) is 24.3 Å². The first-order chi connectivity index (χ1) is 14.3. The standard InChI is InChI=1S/C18H21F3N4O5S/c1-11(17(27)24-14-6-4-13(5-7-14)18(19,20)21)30-16(26)8-9-22-31(28,29)15-10-25(3)12(2)23-15/h4-7,10-11,22H,8-9H2,1-3H3,(H,24,27). The SMILES string of the molecule is Cc1nc(S(=O)(=O)NCCC(=O)OC(C)C(=O)Nc2ccc(C(F)(F)F)cc2)cn1C. The quantitative estimate of drug-likeness (QED) is 0.579. The number of rotatable bonds is 8. The van der Waals surface area contributed by atoms with Crippen molar-refractivity contribution in [2.75, 3.05) is 11.9 Å². The molecule has 1 amide bonds. The summed E-state index contributed by atoms with van der Waals surface area (Å²) in [6.45, 7) is 2.63. The molecule has 13 heteroatoms. The molecule has 0 saturated heterocycles. The number of anilines is 1. The summed E-state index contributed by atoms with van der Waals surface area (Å²) < 4.78 is 70.6. The molecule has 2 N–H and O–H groups in total. The van der Waals surface area contributed by atoms with Gasteiger partial charge in [-0.05, 0) is 38.1 Å². The van der Waals surface area contributed by atoms with Crippen molar-refractivity contribution in [3.8, 4) is 0 Å². The third-order valence-corrected chi connectivity index (χ3v) is 5.47. The Morgan fingerprint density at radius 2 is 1.84 bits per heavy atom. The lowest BCUT2D eigenvalue weighted by Crippen LogP contribution is -2.32. The molecule has 0 fully saturated rings. The monoisotopic (exact) mass is 462 g/mol. The zero-order chi connectivity index (χ0) is 23.4. The summed E-state index contributed by atoms with van der Waals surface area (Å²) in [5.41, 5.74) is -0.771. The third kappa shape index (κ3) is 6.79. The number of esters is 1. The molecule has 0 spiro atoms. The fourth-order valence-electron chi connectivity index (χ4n) is 2.31. The van der Waals surface area contributed by atoms with Crippen LogP contribution in [0.3, 0.4) is 0 Å². The Bertz CT molecular complexity index is 1030. The fourth-order valence-corrected chi connectivity index (χ4v) is 3.38. The summed E-state index contributed by atoms with van der Waals surface area (Å²) in [6.07, 6.45) is -4.76. The minimum absolute atomic E-state index is 0.0966. The average Bonchev–Trinajstić information content (AvgIpc) is 3.01. The maximum atomic E-state index is 12.6. The van der Waals surface area contributed by atoms with Gasteiger partial charge in [-0.2, -0.15) is 13.2 Å². The summed E-state index contributed by atoms with van der Waals surface area (Å²) in [4.78, 5) is 27.8. The summed E-state index contributed by atoms with van der Waals surface area (Å²) in [7, 11) is -2.27. The third-order valence-electron chi connectivity index (χ3n) is 4.14. The first kappa shape index (κ1) is 24.3. The molecule has 1 heterocycles. The van der Waals surface area contributed by atoms with Crippen LogP contribution in [0.25, 0.3) is 0 Å². The number of alkyl halides is 3. The Hall–Kier alpha value is -2.93. The smallest absolute Gasteiger partial charge is 0.416 e. The number of carbonyl (C=O) groups is 2. The van der Waals surface area contributed by atoms with Gasteiger partial charge in [-0.1, -0.05) is 0 Å². The number of nitrogens with zero attached hydrogens (tertiary/aromatic N) is 2. The van der Waals surface area contributed by atoms with E-state index in [0.29, 0.717) is 5.82 Å². The van der Waals surface area contributed by atoms with Gasteiger partial charge in [-0.3, -0.25) is 9.59 Å². The number of amides is 1. The number of hydrogen-bond donors (Lipinski definition) is 2. The van der Waals surface area contributed by atoms with Gasteiger partial charge in [0.05, 0.1) is 12.0 Å². The van der Waals surface area contributed by atoms with Gasteiger partial charge < -0.3 is 14.6 Å². The topological polar surface area (TPSA) is 119 Å². The Labute approximate surface area is 176 Å². The Kier molecular flexibility index (Phi) is 7.44. The number of sulfonamides is 1. The molecule has 170 valence electrons. The Morgan fingerprint density at radius 3 is 2.35 bits per heavy atom. The molecule has 2 aromatic rings. The van der Waals surface area contributed by atoms with Crippen LogP contribution in [0.1, 0.15) is 24.7 Å². The summed E-state index contributed by atoms with van der Waals surface area (Å²) >= 11 is 0. The van der Waals surface area contributed by atoms with Crippen LogP contribution in [0.2, 0.25) is 0 Å². The van der Waals surface area contributed by atoms with Crippen molar-refractivity contribution >= 4 is 27.6 Å². The lowest BCUT2D eigenvalue weighted by atomic mass is 10.2. The lowest BCUT2D eigenvalue weighted by molar-refractivity contribution is -0.153. The van der Waals surface area contributed by atoms with E-state index in [-0.39, 0.29) is 23.7 Å². The molecule has 31 heavy (non-hydrogen) atoms. The number of hydrogen-bond acceptors (Lipinski definition) is 6. The van der Waals surface area contributed by atoms with Gasteiger partial charge >= 0.3 is 12.1 Å². The van der Waals surface area contributed by atoms with E-state index in [9.17, 15) is 31.2 Å². The molecule has 0 aliphatic heterocycles. The van der Waals surface area contributed by atoms with Crippen molar-refractivity contribution < 1.29 is 35.9 Å². The van der Waals surface area contributed by atoms with E-state index in [1.165, 1.54) is 17.7 Å². The second-order valence-corrected chi connectivity index (χ2v) is 8.30. The van der Waals surface area contributed by atoms with Crippen LogP contribution in [0.15, 0.2) is 35.5 Å². The molecule has 1 aromatic heterocycles. The van der Waals surface area contributed by atoms with E-state index in [1.54, 1.807) is 14.0 Å². The fraction of sp³-hybridized carbons (Fsp3) is 0.389. The molecule has 0 aliphatic rings. The van der Waals surface area contributed by atoms with E-state index in [1.807, 2.05) is 0 Å². The van der Waals surface area contributed by atoms with E-state index < -0.39 is 39.7 Å². The van der Waals surface area contributed by atoms with Gasteiger partial charge in [0, 0.05) is 25.5 Å². The molecule has 9 nitrogen and oxygen atoms in total. The number of nitrogens with one attached hydrogen (secondary N) is 2. The van der Waals surface area contributed by atoms with Crippen LogP contribution in [-0.4, -0.2) is 42.5 Å². The van der Waals surface area contributed by atoms with Gasteiger partial charge in [0.2, 0.25) is 0 Å². The summed E-state index contributed by atoms with van der Waals surface area (Å²) in [6, 6.07) is 3.76. The summed E-state index contributed by atoms with van der Waals surface area (Å²) in [5.74, 6) is -1.10. The van der Waals surface area contributed by atoms with Crippen molar-refractivity contribution in [3.63, 3.8) is 0 Å². The molecule has 1 atom stereocenters. The molecule has 1 unspecified atom stereocenters. The highest BCUT2D eigenvalue weighted by Gasteiger charge is 2.30. The van der Waals surface area contributed by atoms with Crippen molar-refractivity contribution in [1.29, 1.82) is 0 Å². The molecule has 0 saturated carbocycles. The van der Waals surface area contributed by atoms with Crippen molar-refractivity contribution in [2.24, 2.45) is 7.05 Å². The number of ether oxygens (including phenoxy) is 1. The maximum absolute atomic E-state index is 12.6. The van der Waals surface area contributed by atoms with E-state index >= 15 is 0 Å². The maximum Gasteiger partial charge on any atom is 0.416 e. The number of carbonyl (C=O) groups excluding carboxylic acids is 2. The largest absolute Gasteiger partial charge is 0.452 e. The zero-order valence-electron chi connectivity index (χ0n) is 16.9. The molecule has 0 aliphatic carbocycles. The van der Waals surface area contributed by atoms with Crippen molar-refractivity contribution in [1.82, 2.24) is 14.3 Å². The highest BCUT2D eigenvalue weighted by Crippen LogP contribution is 2.29. The van der Waals surface area contributed by atoms with Crippen LogP contribution in [0.4, 0.5) is 18.9 Å². The van der Waals surface area contributed by atoms with Gasteiger partial charge in [-0.25, -0.2) is 18.1 Å². The van der Waals surface area contributed by atoms with Crippen LogP contribution in [0.5, 0.6) is 0 Å². The molecular weight excluding hydrogens is 441 g/mol. The average molecular weight is 462 g/mol. The van der Waals surface area contributed by atoms with Gasteiger partial charge in [0.25, 0.3) is 15.9 Å². The molecule has 0 bridgehead atoms. The minimum Gasteiger partial charge on any atom is -0.452 e. The number of benzene rings is 1. The van der Waals surface area contributed by atoms with Crippen LogP contribution < -0.4 is 10.0 Å². The van der Waals surface area contributed by atoms with Crippen LogP contribution in [0, 0.1) is 6.92 Å². The number of aryl methyl sites for hydroxylation is 2. The summed E-state index contributed by atoms with van der Waals surface area (Å²) in [5, 5.41) is 2.14. The first-order valence-corrected chi connectivity index (χ1v) is 10.4. The van der Waals surface area contributed by atoms with Crippen LogP contribution in [-0.2, 0) is 37.6 Å². The number of imidazole rings is 1. The van der Waals surface area contributed by atoms with E-state index in [2.05, 4.69) is 15.0 Å². The zero-order valence-corrected chi connectivity index (χ0v) is 17.7. The lowest BCUT2D eigenvalue weighted by Gasteiger charge is -2.14. The van der Waals surface area contributed by atoms with Crippen molar-refractivity contribution in [2.45, 2.75) is 37.6 Å². The second kappa shape index (κ2) is 9.47. The second-order valence-electron chi connectivity index (χ2n) is 6.58. The predicted molar refractivity (Wildman–Crippen MR) is 103 cm³/mol. The predicted octanol–water partition coefficient (Wildman–Crippen LogP) is 1.99. The van der Waals surface area contributed by atoms with Crippen LogP contribution >= 0.6 is 0 Å². The normalized spacial score (nSPS) is 13.0. The molecular formula is C18H21F3N4O5S. The van der Waals surface area contributed by atoms with Gasteiger partial charge in [0.15, 0.2) is 11.1 Å². The molecule has 0 radical (unpaired) electrons.